The summed E-state index contributed by atoms with van der Waals surface area (Å²) in [5, 5.41) is 6.50. The predicted octanol–water partition coefficient (Wildman–Crippen LogP) is 3.19. The molecule has 0 aliphatic rings. The molecular weight excluding hydrogens is 268 g/mol. The fourth-order valence-electron chi connectivity index (χ4n) is 2.22. The third-order valence-electron chi connectivity index (χ3n) is 3.40. The Balaban J connectivity index is 1.76. The topological polar surface area (TPSA) is 44.9 Å². The van der Waals surface area contributed by atoms with Crippen LogP contribution in [0.15, 0.2) is 46.6 Å². The van der Waals surface area contributed by atoms with E-state index in [2.05, 4.69) is 28.7 Å². The standard InChI is InChI=1S/C16H16N2OS/c1-11-6-7-20-15(11)10-17-9-13-8-12-4-2-3-5-14(12)18-16(13)19/h2-8,17H,9-10H2,1H3,(H,18,19). The molecule has 1 aromatic carbocycles. The van der Waals surface area contributed by atoms with Gasteiger partial charge < -0.3 is 10.3 Å². The second-order valence-corrected chi connectivity index (χ2v) is 5.84. The van der Waals surface area contributed by atoms with Gasteiger partial charge in [-0.2, -0.15) is 0 Å². The molecule has 4 heteroatoms. The summed E-state index contributed by atoms with van der Waals surface area (Å²) in [6.07, 6.45) is 0. The molecule has 20 heavy (non-hydrogen) atoms. The maximum Gasteiger partial charge on any atom is 0.252 e. The maximum absolute atomic E-state index is 12.0. The molecule has 0 bridgehead atoms. The Morgan fingerprint density at radius 2 is 2.05 bits per heavy atom. The summed E-state index contributed by atoms with van der Waals surface area (Å²) in [5.41, 5.74) is 2.95. The van der Waals surface area contributed by atoms with E-state index in [1.165, 1.54) is 10.4 Å². The number of aryl methyl sites for hydroxylation is 1. The molecular formula is C16H16N2OS. The van der Waals surface area contributed by atoms with Gasteiger partial charge in [0.05, 0.1) is 0 Å². The van der Waals surface area contributed by atoms with Crippen LogP contribution in [0.2, 0.25) is 0 Å². The number of aromatic nitrogens is 1. The van der Waals surface area contributed by atoms with Gasteiger partial charge in [0, 0.05) is 29.0 Å². The highest BCUT2D eigenvalue weighted by Gasteiger charge is 2.03. The van der Waals surface area contributed by atoms with Crippen molar-refractivity contribution in [1.29, 1.82) is 0 Å². The number of thiophene rings is 1. The van der Waals surface area contributed by atoms with Gasteiger partial charge in [-0.15, -0.1) is 11.3 Å². The van der Waals surface area contributed by atoms with Crippen LogP contribution < -0.4 is 10.9 Å². The molecule has 0 fully saturated rings. The van der Waals surface area contributed by atoms with Crippen LogP contribution in [0.5, 0.6) is 0 Å². The van der Waals surface area contributed by atoms with Gasteiger partial charge in [-0.25, -0.2) is 0 Å². The molecule has 0 spiro atoms. The van der Waals surface area contributed by atoms with E-state index < -0.39 is 0 Å². The van der Waals surface area contributed by atoms with Crippen molar-refractivity contribution >= 4 is 22.2 Å². The summed E-state index contributed by atoms with van der Waals surface area (Å²) in [5.74, 6) is 0. The molecule has 0 unspecified atom stereocenters. The van der Waals surface area contributed by atoms with Gasteiger partial charge in [-0.1, -0.05) is 18.2 Å². The van der Waals surface area contributed by atoms with Crippen LogP contribution in [0.25, 0.3) is 10.9 Å². The Morgan fingerprint density at radius 3 is 2.85 bits per heavy atom. The van der Waals surface area contributed by atoms with Crippen molar-refractivity contribution in [2.24, 2.45) is 0 Å². The average Bonchev–Trinajstić information content (AvgIpc) is 2.85. The van der Waals surface area contributed by atoms with Crippen LogP contribution in [0.4, 0.5) is 0 Å². The van der Waals surface area contributed by atoms with E-state index in [1.807, 2.05) is 30.3 Å². The molecule has 3 rings (SSSR count). The molecule has 2 aromatic heterocycles. The molecule has 0 aliphatic carbocycles. The summed E-state index contributed by atoms with van der Waals surface area (Å²) in [6, 6.07) is 11.9. The van der Waals surface area contributed by atoms with Crippen molar-refractivity contribution in [2.45, 2.75) is 20.0 Å². The van der Waals surface area contributed by atoms with E-state index in [0.29, 0.717) is 6.54 Å². The zero-order chi connectivity index (χ0) is 13.9. The summed E-state index contributed by atoms with van der Waals surface area (Å²) < 4.78 is 0. The zero-order valence-corrected chi connectivity index (χ0v) is 12.1. The van der Waals surface area contributed by atoms with Gasteiger partial charge in [-0.05, 0) is 41.5 Å². The Morgan fingerprint density at radius 1 is 1.20 bits per heavy atom. The predicted molar refractivity (Wildman–Crippen MR) is 84.2 cm³/mol. The lowest BCUT2D eigenvalue weighted by atomic mass is 10.1. The van der Waals surface area contributed by atoms with Crippen molar-refractivity contribution in [3.8, 4) is 0 Å². The first-order valence-electron chi connectivity index (χ1n) is 6.58. The Hall–Kier alpha value is -1.91. The first kappa shape index (κ1) is 13.1. The molecule has 0 saturated carbocycles. The number of nitrogens with one attached hydrogen (secondary N) is 2. The van der Waals surface area contributed by atoms with Crippen LogP contribution in [-0.2, 0) is 13.1 Å². The average molecular weight is 284 g/mol. The number of para-hydroxylation sites is 1. The molecule has 0 radical (unpaired) electrons. The van der Waals surface area contributed by atoms with Crippen LogP contribution in [0.1, 0.15) is 16.0 Å². The molecule has 0 amide bonds. The van der Waals surface area contributed by atoms with E-state index in [9.17, 15) is 4.79 Å². The fraction of sp³-hybridized carbons (Fsp3) is 0.188. The third-order valence-corrected chi connectivity index (χ3v) is 4.42. The van der Waals surface area contributed by atoms with E-state index in [1.54, 1.807) is 11.3 Å². The minimum Gasteiger partial charge on any atom is -0.322 e. The number of benzene rings is 1. The SMILES string of the molecule is Cc1ccsc1CNCc1cc2ccccc2[nH]c1=O. The van der Waals surface area contributed by atoms with Gasteiger partial charge in [0.1, 0.15) is 0 Å². The number of fused-ring (bicyclic) bond motifs is 1. The van der Waals surface area contributed by atoms with Crippen LogP contribution in [0, 0.1) is 6.92 Å². The summed E-state index contributed by atoms with van der Waals surface area (Å²) in [7, 11) is 0. The monoisotopic (exact) mass is 284 g/mol. The number of hydrogen-bond acceptors (Lipinski definition) is 3. The van der Waals surface area contributed by atoms with E-state index in [0.717, 1.165) is 23.0 Å². The Bertz CT molecular complexity index is 788. The van der Waals surface area contributed by atoms with Gasteiger partial charge in [0.15, 0.2) is 0 Å². The Labute approximate surface area is 121 Å². The van der Waals surface area contributed by atoms with Crippen LogP contribution in [-0.4, -0.2) is 4.98 Å². The van der Waals surface area contributed by atoms with E-state index in [-0.39, 0.29) is 5.56 Å². The first-order valence-corrected chi connectivity index (χ1v) is 7.46. The highest BCUT2D eigenvalue weighted by atomic mass is 32.1. The lowest BCUT2D eigenvalue weighted by Crippen LogP contribution is -2.20. The maximum atomic E-state index is 12.0. The Kier molecular flexibility index (Phi) is 3.67. The van der Waals surface area contributed by atoms with Crippen molar-refractivity contribution in [3.05, 3.63) is 68.1 Å². The summed E-state index contributed by atoms with van der Waals surface area (Å²) in [4.78, 5) is 16.2. The lowest BCUT2D eigenvalue weighted by molar-refractivity contribution is 0.694. The number of rotatable bonds is 4. The minimum atomic E-state index is -0.0147. The van der Waals surface area contributed by atoms with Crippen LogP contribution in [0.3, 0.4) is 0 Å². The summed E-state index contributed by atoms with van der Waals surface area (Å²) >= 11 is 1.74. The number of pyridine rings is 1. The molecule has 102 valence electrons. The minimum absolute atomic E-state index is 0.0147. The summed E-state index contributed by atoms with van der Waals surface area (Å²) in [6.45, 7) is 3.49. The molecule has 0 saturated heterocycles. The molecule has 3 aromatic rings. The van der Waals surface area contributed by atoms with Crippen molar-refractivity contribution in [2.75, 3.05) is 0 Å². The largest absolute Gasteiger partial charge is 0.322 e. The number of H-pyrrole nitrogens is 1. The fourth-order valence-corrected chi connectivity index (χ4v) is 3.10. The molecule has 2 heterocycles. The van der Waals surface area contributed by atoms with E-state index >= 15 is 0 Å². The highest BCUT2D eigenvalue weighted by molar-refractivity contribution is 7.10. The number of aromatic amines is 1. The highest BCUT2D eigenvalue weighted by Crippen LogP contribution is 2.15. The van der Waals surface area contributed by atoms with Gasteiger partial charge >= 0.3 is 0 Å². The quantitative estimate of drug-likeness (QED) is 0.773. The lowest BCUT2D eigenvalue weighted by Gasteiger charge is -2.05. The molecule has 0 aliphatic heterocycles. The van der Waals surface area contributed by atoms with Crippen molar-refractivity contribution in [1.82, 2.24) is 10.3 Å². The molecule has 0 atom stereocenters. The van der Waals surface area contributed by atoms with Gasteiger partial charge in [0.25, 0.3) is 5.56 Å². The van der Waals surface area contributed by atoms with Crippen molar-refractivity contribution in [3.63, 3.8) is 0 Å². The molecule has 3 nitrogen and oxygen atoms in total. The van der Waals surface area contributed by atoms with Gasteiger partial charge in [0.2, 0.25) is 0 Å². The van der Waals surface area contributed by atoms with Crippen LogP contribution >= 0.6 is 11.3 Å². The van der Waals surface area contributed by atoms with E-state index in [4.69, 9.17) is 0 Å². The second kappa shape index (κ2) is 5.61. The van der Waals surface area contributed by atoms with Crippen molar-refractivity contribution < 1.29 is 0 Å². The van der Waals surface area contributed by atoms with Gasteiger partial charge in [-0.3, -0.25) is 4.79 Å². The normalized spacial score (nSPS) is 11.1. The molecule has 2 N–H and O–H groups in total. The smallest absolute Gasteiger partial charge is 0.252 e. The third kappa shape index (κ3) is 2.66. The second-order valence-electron chi connectivity index (χ2n) is 4.84. The first-order chi connectivity index (χ1) is 9.74. The zero-order valence-electron chi connectivity index (χ0n) is 11.3. The number of hydrogen-bond donors (Lipinski definition) is 2.